The lowest BCUT2D eigenvalue weighted by Gasteiger charge is -2.39. The van der Waals surface area contributed by atoms with Gasteiger partial charge in [-0.15, -0.1) is 0 Å². The lowest BCUT2D eigenvalue weighted by molar-refractivity contribution is -0.277. The van der Waals surface area contributed by atoms with E-state index in [0.717, 1.165) is 77.5 Å². The fourth-order valence-corrected chi connectivity index (χ4v) is 7.00. The summed E-state index contributed by atoms with van der Waals surface area (Å²) in [7, 11) is 0. The van der Waals surface area contributed by atoms with Crippen molar-refractivity contribution in [2.24, 2.45) is 0 Å². The number of phenols is 2. The molecule has 2 aromatic carbocycles. The van der Waals surface area contributed by atoms with Gasteiger partial charge in [0.2, 0.25) is 11.7 Å². The molecule has 256 valence electrons. The van der Waals surface area contributed by atoms with E-state index in [-0.39, 0.29) is 33.8 Å². The summed E-state index contributed by atoms with van der Waals surface area (Å²) < 4.78 is 17.2. The largest absolute Gasteiger partial charge is 0.507 e. The van der Waals surface area contributed by atoms with Gasteiger partial charge in [-0.2, -0.15) is 0 Å². The SMILES string of the molecule is O=c1c(-c2ccc(O[C@@H]3O[C@H](CO)[C@@H](O)[C@H](O)[C@H]3O)cc2)coc2c(CN3CCCCCC3)c(O)c(CN3CCCCCC3)c(O)c12. The van der Waals surface area contributed by atoms with Crippen molar-refractivity contribution in [3.8, 4) is 28.4 Å². The first-order valence-electron chi connectivity index (χ1n) is 16.8. The number of likely N-dealkylation sites (tertiary alicyclic amines) is 2. The number of benzene rings is 2. The number of hydrogen-bond donors (Lipinski definition) is 6. The number of aliphatic hydroxyl groups excluding tert-OH is 4. The molecule has 3 aliphatic heterocycles. The molecule has 0 spiro atoms. The molecular weight excluding hydrogens is 608 g/mol. The summed E-state index contributed by atoms with van der Waals surface area (Å²) in [5.41, 5.74) is 1.30. The Labute approximate surface area is 273 Å². The van der Waals surface area contributed by atoms with Crippen molar-refractivity contribution >= 4 is 11.0 Å². The lowest BCUT2D eigenvalue weighted by atomic mass is 9.98. The third-order valence-electron chi connectivity index (χ3n) is 9.79. The van der Waals surface area contributed by atoms with Gasteiger partial charge >= 0.3 is 0 Å². The minimum absolute atomic E-state index is 0.0194. The average molecular weight is 655 g/mol. The van der Waals surface area contributed by atoms with Crippen LogP contribution in [-0.4, -0.2) is 104 Å². The number of aliphatic hydroxyl groups is 4. The van der Waals surface area contributed by atoms with Crippen LogP contribution in [0.5, 0.6) is 17.2 Å². The van der Waals surface area contributed by atoms with Gasteiger partial charge in [-0.05, 0) is 69.6 Å². The van der Waals surface area contributed by atoms with Gasteiger partial charge in [-0.3, -0.25) is 14.6 Å². The standard InChI is InChI=1S/C35H46N2O10/c38-19-26-31(42)32(43)33(44)35(47-26)46-22-11-9-21(10-12-22)25-20-45-34-24(18-37-15-7-3-4-8-16-37)28(39)23(29(40)27(34)30(25)41)17-36-13-5-1-2-6-14-36/h9-12,20,26,31-33,35,38-40,42-44H,1-8,13-19H2/t26-,31-,32+,33-,35-/m1/s1. The molecule has 0 aliphatic carbocycles. The summed E-state index contributed by atoms with van der Waals surface area (Å²) >= 11 is 0. The highest BCUT2D eigenvalue weighted by molar-refractivity contribution is 5.92. The maximum atomic E-state index is 14.2. The predicted molar refractivity (Wildman–Crippen MR) is 173 cm³/mol. The van der Waals surface area contributed by atoms with Gasteiger partial charge in [-0.1, -0.05) is 37.8 Å². The summed E-state index contributed by atoms with van der Waals surface area (Å²) in [6.45, 7) is 3.61. The van der Waals surface area contributed by atoms with Crippen LogP contribution in [0, 0.1) is 0 Å². The fourth-order valence-electron chi connectivity index (χ4n) is 7.00. The van der Waals surface area contributed by atoms with Crippen LogP contribution in [0.2, 0.25) is 0 Å². The molecule has 12 nitrogen and oxygen atoms in total. The average Bonchev–Trinajstić information content (AvgIpc) is 3.51. The normalized spacial score (nSPS) is 26.6. The molecule has 3 aliphatic rings. The highest BCUT2D eigenvalue weighted by Crippen LogP contribution is 2.41. The van der Waals surface area contributed by atoms with Crippen LogP contribution < -0.4 is 10.2 Å². The van der Waals surface area contributed by atoms with E-state index in [0.29, 0.717) is 29.8 Å². The van der Waals surface area contributed by atoms with Crippen LogP contribution >= 0.6 is 0 Å². The first kappa shape index (κ1) is 33.7. The van der Waals surface area contributed by atoms with Gasteiger partial charge in [0.1, 0.15) is 58.9 Å². The molecule has 47 heavy (non-hydrogen) atoms. The summed E-state index contributed by atoms with van der Waals surface area (Å²) in [6.07, 6.45) is 3.04. The lowest BCUT2D eigenvalue weighted by Crippen LogP contribution is -2.60. The molecule has 6 N–H and O–H groups in total. The molecule has 0 radical (unpaired) electrons. The molecule has 0 saturated carbocycles. The monoisotopic (exact) mass is 654 g/mol. The van der Waals surface area contributed by atoms with Crippen LogP contribution in [0.25, 0.3) is 22.1 Å². The van der Waals surface area contributed by atoms with Crippen LogP contribution in [0.1, 0.15) is 62.5 Å². The van der Waals surface area contributed by atoms with E-state index in [1.807, 2.05) is 0 Å². The van der Waals surface area contributed by atoms with Gasteiger partial charge < -0.3 is 44.5 Å². The van der Waals surface area contributed by atoms with Crippen molar-refractivity contribution in [1.82, 2.24) is 9.80 Å². The smallest absolute Gasteiger partial charge is 0.229 e. The van der Waals surface area contributed by atoms with Crippen molar-refractivity contribution in [2.45, 2.75) is 95.2 Å². The maximum absolute atomic E-state index is 14.2. The second-order valence-corrected chi connectivity index (χ2v) is 13.1. The van der Waals surface area contributed by atoms with E-state index >= 15 is 0 Å². The molecule has 0 unspecified atom stereocenters. The van der Waals surface area contributed by atoms with Crippen LogP contribution in [0.15, 0.2) is 39.7 Å². The number of nitrogens with zero attached hydrogens (tertiary/aromatic N) is 2. The van der Waals surface area contributed by atoms with Gasteiger partial charge in [0.05, 0.1) is 23.3 Å². The Hall–Kier alpha value is -3.23. The summed E-state index contributed by atoms with van der Waals surface area (Å²) in [4.78, 5) is 18.7. The van der Waals surface area contributed by atoms with Crippen LogP contribution in [0.3, 0.4) is 0 Å². The molecule has 4 heterocycles. The maximum Gasteiger partial charge on any atom is 0.229 e. The van der Waals surface area contributed by atoms with Gasteiger partial charge in [0.25, 0.3) is 0 Å². The van der Waals surface area contributed by atoms with E-state index in [2.05, 4.69) is 9.80 Å². The highest BCUT2D eigenvalue weighted by Gasteiger charge is 2.44. The second-order valence-electron chi connectivity index (χ2n) is 13.1. The second kappa shape index (κ2) is 14.9. The van der Waals surface area contributed by atoms with Crippen LogP contribution in [0.4, 0.5) is 0 Å². The highest BCUT2D eigenvalue weighted by atomic mass is 16.7. The van der Waals surface area contributed by atoms with Crippen molar-refractivity contribution < 1.29 is 44.5 Å². The summed E-state index contributed by atoms with van der Waals surface area (Å²) in [5, 5.41) is 63.2. The van der Waals surface area contributed by atoms with Crippen molar-refractivity contribution in [2.75, 3.05) is 32.8 Å². The van der Waals surface area contributed by atoms with Crippen molar-refractivity contribution in [3.05, 3.63) is 51.9 Å². The van der Waals surface area contributed by atoms with E-state index in [1.54, 1.807) is 24.3 Å². The Morgan fingerprint density at radius 2 is 1.32 bits per heavy atom. The number of aromatic hydroxyl groups is 2. The summed E-state index contributed by atoms with van der Waals surface area (Å²) in [6, 6.07) is 6.33. The van der Waals surface area contributed by atoms with E-state index in [1.165, 1.54) is 6.26 Å². The van der Waals surface area contributed by atoms with E-state index < -0.39 is 42.7 Å². The quantitative estimate of drug-likeness (QED) is 0.210. The van der Waals surface area contributed by atoms with E-state index in [9.17, 15) is 35.4 Å². The number of phenolic OH excluding ortho intramolecular Hbond substituents is 2. The third kappa shape index (κ3) is 7.14. The molecule has 3 fully saturated rings. The van der Waals surface area contributed by atoms with E-state index in [4.69, 9.17) is 13.9 Å². The predicted octanol–water partition coefficient (Wildman–Crippen LogP) is 2.80. The Morgan fingerprint density at radius 1 is 0.745 bits per heavy atom. The van der Waals surface area contributed by atoms with Gasteiger partial charge in [0, 0.05) is 13.1 Å². The Balaban J connectivity index is 1.34. The molecule has 12 heteroatoms. The molecule has 3 saturated heterocycles. The Kier molecular flexibility index (Phi) is 10.7. The number of hydrogen-bond acceptors (Lipinski definition) is 12. The van der Waals surface area contributed by atoms with Crippen LogP contribution in [-0.2, 0) is 17.8 Å². The first-order valence-corrected chi connectivity index (χ1v) is 16.8. The Morgan fingerprint density at radius 3 is 1.89 bits per heavy atom. The van der Waals surface area contributed by atoms with Gasteiger partial charge in [0.15, 0.2) is 0 Å². The molecular formula is C35H46N2O10. The zero-order valence-electron chi connectivity index (χ0n) is 26.6. The molecule has 0 bridgehead atoms. The van der Waals surface area contributed by atoms with Crippen molar-refractivity contribution in [3.63, 3.8) is 0 Å². The minimum Gasteiger partial charge on any atom is -0.507 e. The summed E-state index contributed by atoms with van der Waals surface area (Å²) in [5.74, 6) is -0.0379. The topological polar surface area (TPSA) is 177 Å². The first-order chi connectivity index (χ1) is 22.8. The third-order valence-corrected chi connectivity index (χ3v) is 9.79. The molecule has 1 aromatic heterocycles. The minimum atomic E-state index is -1.58. The van der Waals surface area contributed by atoms with Crippen molar-refractivity contribution in [1.29, 1.82) is 0 Å². The molecule has 5 atom stereocenters. The molecule has 6 rings (SSSR count). The fraction of sp³-hybridized carbons (Fsp3) is 0.571. The number of ether oxygens (including phenoxy) is 2. The molecule has 3 aromatic rings. The number of rotatable bonds is 8. The zero-order valence-corrected chi connectivity index (χ0v) is 26.6. The van der Waals surface area contributed by atoms with Gasteiger partial charge in [-0.25, -0.2) is 0 Å². The molecule has 0 amide bonds. The zero-order chi connectivity index (χ0) is 33.1. The number of fused-ring (bicyclic) bond motifs is 1. The Bertz CT molecular complexity index is 1560.